The second-order valence-electron chi connectivity index (χ2n) is 5.20. The fourth-order valence-corrected chi connectivity index (χ4v) is 2.89. The molecule has 0 unspecified atom stereocenters. The maximum atomic E-state index is 2.30. The summed E-state index contributed by atoms with van der Waals surface area (Å²) in [6.07, 6.45) is 2.71. The molecule has 0 heterocycles. The zero-order chi connectivity index (χ0) is 11.9. The zero-order valence-electron chi connectivity index (χ0n) is 11.5. The van der Waals surface area contributed by atoms with Crippen LogP contribution in [0.5, 0.6) is 0 Å². The van der Waals surface area contributed by atoms with E-state index in [2.05, 4.69) is 60.7 Å². The molecule has 1 fully saturated rings. The van der Waals surface area contributed by atoms with Crippen molar-refractivity contribution in [2.75, 3.05) is 0 Å². The first kappa shape index (κ1) is 18.6. The number of hydrogen-bond acceptors (Lipinski definition) is 0. The first-order valence-corrected chi connectivity index (χ1v) is 6.67. The summed E-state index contributed by atoms with van der Waals surface area (Å²) in [7, 11) is 0. The van der Waals surface area contributed by atoms with E-state index in [0.717, 1.165) is 5.92 Å². The van der Waals surface area contributed by atoms with Gasteiger partial charge in [-0.1, -0.05) is 35.9 Å². The molecule has 0 saturated heterocycles. The zero-order valence-corrected chi connectivity index (χ0v) is 15.5. The predicted molar refractivity (Wildman–Crippen MR) is 77.0 cm³/mol. The van der Waals surface area contributed by atoms with Gasteiger partial charge in [0.1, 0.15) is 0 Å². The van der Waals surface area contributed by atoms with Gasteiger partial charge in [0.15, 0.2) is 0 Å². The van der Waals surface area contributed by atoms with Crippen LogP contribution < -0.4 is 24.8 Å². The van der Waals surface area contributed by atoms with Crippen LogP contribution in [0.2, 0.25) is 0 Å². The maximum absolute atomic E-state index is 2.30. The molecule has 1 aliphatic carbocycles. The van der Waals surface area contributed by atoms with E-state index in [-0.39, 0.29) is 51.0 Å². The Morgan fingerprint density at radius 2 is 1.52 bits per heavy atom. The van der Waals surface area contributed by atoms with E-state index in [1.807, 2.05) is 0 Å². The molecule has 0 bridgehead atoms. The van der Waals surface area contributed by atoms with Crippen molar-refractivity contribution in [3.63, 3.8) is 0 Å². The van der Waals surface area contributed by atoms with E-state index in [1.54, 1.807) is 0 Å². The number of rotatable bonds is 2. The molecule has 1 radical (unpaired) electrons. The van der Waals surface area contributed by atoms with Gasteiger partial charge < -0.3 is 24.8 Å². The van der Waals surface area contributed by atoms with E-state index >= 15 is 0 Å². The monoisotopic (exact) mass is 391 g/mol. The summed E-state index contributed by atoms with van der Waals surface area (Å²) < 4.78 is 0. The smallest absolute Gasteiger partial charge is 1.00 e. The second-order valence-corrected chi connectivity index (χ2v) is 5.20. The van der Waals surface area contributed by atoms with Crippen LogP contribution >= 0.6 is 0 Å². The quantitative estimate of drug-likeness (QED) is 0.496. The van der Waals surface area contributed by atoms with Crippen molar-refractivity contribution in [2.24, 2.45) is 0 Å². The van der Waals surface area contributed by atoms with Crippen LogP contribution in [-0.4, -0.2) is 0 Å². The molecule has 0 aliphatic heterocycles. The van der Waals surface area contributed by atoms with Crippen molar-refractivity contribution >= 4 is 10.8 Å². The third-order valence-corrected chi connectivity index (χ3v) is 3.95. The van der Waals surface area contributed by atoms with E-state index in [0.29, 0.717) is 0 Å². The molecule has 1 saturated carbocycles. The van der Waals surface area contributed by atoms with Crippen molar-refractivity contribution in [1.29, 1.82) is 0 Å². The van der Waals surface area contributed by atoms with Crippen LogP contribution in [0.1, 0.15) is 24.3 Å². The first-order valence-electron chi connectivity index (χ1n) is 6.67. The largest absolute Gasteiger partial charge is 3.00 e. The van der Waals surface area contributed by atoms with E-state index in [9.17, 15) is 0 Å². The molecule has 105 valence electrons. The second kappa shape index (κ2) is 7.68. The molecule has 0 amide bonds. The first-order chi connectivity index (χ1) is 8.93. The van der Waals surface area contributed by atoms with Crippen molar-refractivity contribution in [1.82, 2.24) is 0 Å². The van der Waals surface area contributed by atoms with Crippen molar-refractivity contribution in [3.8, 4) is 11.1 Å². The van der Waals surface area contributed by atoms with E-state index in [1.165, 1.54) is 40.3 Å². The van der Waals surface area contributed by atoms with Gasteiger partial charge in [0.25, 0.3) is 0 Å². The van der Waals surface area contributed by atoms with E-state index in [4.69, 9.17) is 0 Å². The maximum Gasteiger partial charge on any atom is 3.00 e. The summed E-state index contributed by atoms with van der Waals surface area (Å²) in [5.74, 6) is 0.798. The summed E-state index contributed by atoms with van der Waals surface area (Å²) in [5, 5.41) is 2.73. The van der Waals surface area contributed by atoms with Gasteiger partial charge in [0.05, 0.1) is 0 Å². The summed E-state index contributed by atoms with van der Waals surface area (Å²) >= 11 is 0. The SMILES string of the molecule is [Cl-].[Cl-].[Zr+3].c1ccc(C2CC2)c(-c2cccc3[cH-]ccc23)c1. The van der Waals surface area contributed by atoms with Gasteiger partial charge in [-0.3, -0.25) is 0 Å². The molecule has 21 heavy (non-hydrogen) atoms. The minimum absolute atomic E-state index is 0. The number of hydrogen-bond donors (Lipinski definition) is 0. The van der Waals surface area contributed by atoms with Crippen LogP contribution in [0.3, 0.4) is 0 Å². The van der Waals surface area contributed by atoms with Gasteiger partial charge in [-0.2, -0.15) is 12.1 Å². The van der Waals surface area contributed by atoms with Gasteiger partial charge in [-0.25, -0.2) is 0 Å². The van der Waals surface area contributed by atoms with Crippen molar-refractivity contribution < 1.29 is 51.0 Å². The Morgan fingerprint density at radius 1 is 0.810 bits per heavy atom. The summed E-state index contributed by atoms with van der Waals surface area (Å²) in [6, 6.07) is 22.1. The molecule has 0 spiro atoms. The van der Waals surface area contributed by atoms with Gasteiger partial charge in [0, 0.05) is 0 Å². The molecule has 3 heteroatoms. The van der Waals surface area contributed by atoms with Gasteiger partial charge in [-0.15, -0.1) is 29.0 Å². The van der Waals surface area contributed by atoms with Gasteiger partial charge in [0.2, 0.25) is 0 Å². The standard InChI is InChI=1S/C18H15.2ClH.Zr/c1-2-8-17(15(7-1)14-11-12-14)18-10-4-6-13-5-3-9-16(13)18;;;/h1-10,14H,11-12H2;2*1H;/q-1;;;+3/p-2. The molecule has 3 aromatic rings. The predicted octanol–water partition coefficient (Wildman–Crippen LogP) is -0.891. The average Bonchev–Trinajstić information content (AvgIpc) is 3.15. The third kappa shape index (κ3) is 3.47. The third-order valence-electron chi connectivity index (χ3n) is 3.95. The van der Waals surface area contributed by atoms with Crippen LogP contribution in [0.25, 0.3) is 21.9 Å². The fourth-order valence-electron chi connectivity index (χ4n) is 2.89. The van der Waals surface area contributed by atoms with E-state index < -0.39 is 0 Å². The Hall–Kier alpha value is -0.487. The van der Waals surface area contributed by atoms with Crippen molar-refractivity contribution in [3.05, 3.63) is 66.2 Å². The van der Waals surface area contributed by atoms with Gasteiger partial charge in [-0.05, 0) is 29.9 Å². The molecule has 0 aromatic heterocycles. The number of benzene rings is 2. The molecule has 0 N–H and O–H groups in total. The summed E-state index contributed by atoms with van der Waals surface area (Å²) in [6.45, 7) is 0. The Kier molecular flexibility index (Phi) is 6.79. The molecular formula is C18H15Cl2Zr. The number of fused-ring (bicyclic) bond motifs is 1. The topological polar surface area (TPSA) is 0 Å². The molecule has 4 rings (SSSR count). The molecular weight excluding hydrogens is 378 g/mol. The van der Waals surface area contributed by atoms with Crippen LogP contribution in [0.4, 0.5) is 0 Å². The fraction of sp³-hybridized carbons (Fsp3) is 0.167. The Bertz CT molecular complexity index is 714. The van der Waals surface area contributed by atoms with Crippen LogP contribution in [-0.2, 0) is 26.2 Å². The minimum atomic E-state index is 0. The average molecular weight is 393 g/mol. The molecule has 0 atom stereocenters. The summed E-state index contributed by atoms with van der Waals surface area (Å²) in [4.78, 5) is 0. The minimum Gasteiger partial charge on any atom is -1.00 e. The Balaban J connectivity index is 0.000000735. The number of halogens is 2. The normalized spacial score (nSPS) is 13.0. The molecule has 1 aliphatic rings. The Labute approximate surface area is 157 Å². The molecule has 0 nitrogen and oxygen atoms in total. The van der Waals surface area contributed by atoms with Crippen molar-refractivity contribution in [2.45, 2.75) is 18.8 Å². The Morgan fingerprint density at radius 3 is 2.29 bits per heavy atom. The van der Waals surface area contributed by atoms with Crippen LogP contribution in [0.15, 0.2) is 60.7 Å². The van der Waals surface area contributed by atoms with Crippen LogP contribution in [0, 0.1) is 0 Å². The molecule has 3 aromatic carbocycles. The summed E-state index contributed by atoms with van der Waals surface area (Å²) in [5.41, 5.74) is 4.35. The van der Waals surface area contributed by atoms with Gasteiger partial charge >= 0.3 is 26.2 Å².